The molecule has 0 aliphatic heterocycles. The maximum absolute atomic E-state index is 12.4. The molecule has 102 valence electrons. The summed E-state index contributed by atoms with van der Waals surface area (Å²) in [5, 5.41) is 8.55. The van der Waals surface area contributed by atoms with E-state index in [1.54, 1.807) is 6.19 Å². The van der Waals surface area contributed by atoms with E-state index in [0.29, 0.717) is 18.4 Å². The molecule has 1 unspecified atom stereocenters. The number of halogens is 3. The van der Waals surface area contributed by atoms with Gasteiger partial charge in [-0.05, 0) is 30.3 Å². The molecule has 8 heteroatoms. The van der Waals surface area contributed by atoms with E-state index in [2.05, 4.69) is 15.6 Å². The number of rotatable bonds is 3. The van der Waals surface area contributed by atoms with Crippen molar-refractivity contribution in [3.8, 4) is 6.19 Å². The molecule has 0 spiro atoms. The van der Waals surface area contributed by atoms with Gasteiger partial charge in [0.15, 0.2) is 6.19 Å². The van der Waals surface area contributed by atoms with Gasteiger partial charge in [-0.15, -0.1) is 0 Å². The maximum atomic E-state index is 12.4. The number of alkyl halides is 3. The van der Waals surface area contributed by atoms with E-state index < -0.39 is 26.3 Å². The van der Waals surface area contributed by atoms with Gasteiger partial charge in [0.05, 0.1) is 14.5 Å². The van der Waals surface area contributed by atoms with Crippen LogP contribution in [0.4, 0.5) is 13.2 Å². The van der Waals surface area contributed by atoms with Crippen molar-refractivity contribution in [1.82, 2.24) is 9.71 Å². The topological polar surface area (TPSA) is 65.8 Å². The molecule has 1 heterocycles. The van der Waals surface area contributed by atoms with Crippen molar-refractivity contribution in [2.45, 2.75) is 23.8 Å². The second kappa shape index (κ2) is 4.13. The molecule has 1 saturated carbocycles. The van der Waals surface area contributed by atoms with E-state index >= 15 is 0 Å². The molecule has 2 rings (SSSR count). The fraction of sp³-hybridized carbons (Fsp3) is 0.364. The second-order valence-corrected chi connectivity index (χ2v) is 6.65. The molecular formula is C11H10F3N3OS. The zero-order valence-corrected chi connectivity index (χ0v) is 10.5. The van der Waals surface area contributed by atoms with Crippen molar-refractivity contribution in [3.05, 3.63) is 29.6 Å². The lowest BCUT2D eigenvalue weighted by atomic mass is 10.1. The summed E-state index contributed by atoms with van der Waals surface area (Å²) in [6.07, 6.45) is -0.887. The van der Waals surface area contributed by atoms with Crippen LogP contribution < -0.4 is 4.72 Å². The number of nitrogens with one attached hydrogen (secondary N) is 1. The third-order valence-corrected chi connectivity index (χ3v) is 5.45. The number of nitrogens with zero attached hydrogens (tertiary/aromatic N) is 2. The van der Waals surface area contributed by atoms with Crippen molar-refractivity contribution in [2.75, 3.05) is 0 Å². The van der Waals surface area contributed by atoms with Crippen LogP contribution in [0.1, 0.15) is 24.1 Å². The van der Waals surface area contributed by atoms with Gasteiger partial charge in [0.2, 0.25) is 0 Å². The van der Waals surface area contributed by atoms with E-state index in [0.717, 1.165) is 12.3 Å². The zero-order valence-electron chi connectivity index (χ0n) is 9.70. The molecule has 1 N–H and O–H groups in total. The standard InChI is InChI=1S/C11H10F3N3OS/c1-19(18,17-7-15)10(4-5-10)8-2-3-9(16-6-8)11(12,13)14/h2-3,6H,1,4-5H2,(H,17,18). The van der Waals surface area contributed by atoms with Crippen LogP contribution in [-0.4, -0.2) is 15.1 Å². The van der Waals surface area contributed by atoms with Crippen LogP contribution in [0.3, 0.4) is 0 Å². The Morgan fingerprint density at radius 2 is 2.11 bits per heavy atom. The number of pyridine rings is 1. The molecule has 0 amide bonds. The first kappa shape index (κ1) is 13.7. The highest BCUT2D eigenvalue weighted by molar-refractivity contribution is 7.99. The van der Waals surface area contributed by atoms with Gasteiger partial charge in [0.25, 0.3) is 0 Å². The average molecular weight is 289 g/mol. The minimum atomic E-state index is -4.51. The summed E-state index contributed by atoms with van der Waals surface area (Å²) in [6.45, 7) is 0. The van der Waals surface area contributed by atoms with Gasteiger partial charge in [-0.2, -0.15) is 18.4 Å². The van der Waals surface area contributed by atoms with Crippen molar-refractivity contribution >= 4 is 15.6 Å². The predicted molar refractivity (Wildman–Crippen MR) is 64.2 cm³/mol. The van der Waals surface area contributed by atoms with E-state index in [-0.39, 0.29) is 0 Å². The summed E-state index contributed by atoms with van der Waals surface area (Å²) < 4.78 is 50.7. The molecule has 1 fully saturated rings. The van der Waals surface area contributed by atoms with Crippen LogP contribution in [0.25, 0.3) is 0 Å². The van der Waals surface area contributed by atoms with Crippen LogP contribution in [0.15, 0.2) is 18.3 Å². The van der Waals surface area contributed by atoms with Crippen molar-refractivity contribution in [3.63, 3.8) is 0 Å². The largest absolute Gasteiger partial charge is 0.433 e. The van der Waals surface area contributed by atoms with Crippen LogP contribution in [0.5, 0.6) is 0 Å². The minimum absolute atomic E-state index is 0.406. The van der Waals surface area contributed by atoms with E-state index in [1.165, 1.54) is 6.07 Å². The Bertz CT molecular complexity index is 625. The highest BCUT2D eigenvalue weighted by Crippen LogP contribution is 2.52. The summed E-state index contributed by atoms with van der Waals surface area (Å²) in [7, 11) is -2.93. The fourth-order valence-electron chi connectivity index (χ4n) is 1.92. The molecule has 19 heavy (non-hydrogen) atoms. The SMILES string of the molecule is C=S(=O)(NC#N)C1(c2ccc(C(F)(F)F)nc2)CC1. The quantitative estimate of drug-likeness (QED) is 0.524. The van der Waals surface area contributed by atoms with Gasteiger partial charge in [-0.1, -0.05) is 6.07 Å². The molecular weight excluding hydrogens is 279 g/mol. The molecule has 1 atom stereocenters. The van der Waals surface area contributed by atoms with Gasteiger partial charge in [0, 0.05) is 6.20 Å². The third kappa shape index (κ3) is 2.26. The monoisotopic (exact) mass is 289 g/mol. The summed E-state index contributed by atoms with van der Waals surface area (Å²) in [5.74, 6) is 3.49. The van der Waals surface area contributed by atoms with Crippen molar-refractivity contribution in [1.29, 1.82) is 5.26 Å². The van der Waals surface area contributed by atoms with Gasteiger partial charge >= 0.3 is 6.18 Å². The number of nitriles is 1. The van der Waals surface area contributed by atoms with Gasteiger partial charge < -0.3 is 0 Å². The molecule has 0 bridgehead atoms. The van der Waals surface area contributed by atoms with Gasteiger partial charge in [-0.25, -0.2) is 8.93 Å². The number of aromatic nitrogens is 1. The van der Waals surface area contributed by atoms with Crippen LogP contribution >= 0.6 is 0 Å². The second-order valence-electron chi connectivity index (χ2n) is 4.31. The Morgan fingerprint density at radius 3 is 2.47 bits per heavy atom. The molecule has 1 aromatic heterocycles. The predicted octanol–water partition coefficient (Wildman–Crippen LogP) is 1.79. The lowest BCUT2D eigenvalue weighted by Crippen LogP contribution is -2.31. The molecule has 1 aliphatic carbocycles. The Hall–Kier alpha value is -1.75. The first-order valence-corrected chi connectivity index (χ1v) is 7.02. The maximum Gasteiger partial charge on any atom is 0.433 e. The van der Waals surface area contributed by atoms with Crippen LogP contribution in [-0.2, 0) is 20.6 Å². The average Bonchev–Trinajstić information content (AvgIpc) is 3.09. The smallest absolute Gasteiger partial charge is 0.251 e. The number of hydrogen-bond donors (Lipinski definition) is 1. The molecule has 0 aromatic carbocycles. The van der Waals surface area contributed by atoms with Crippen LogP contribution in [0.2, 0.25) is 0 Å². The van der Waals surface area contributed by atoms with Crippen molar-refractivity contribution < 1.29 is 17.4 Å². The van der Waals surface area contributed by atoms with Gasteiger partial charge in [-0.3, -0.25) is 4.98 Å². The highest BCUT2D eigenvalue weighted by atomic mass is 32.2. The Labute approximate surface area is 108 Å². The van der Waals surface area contributed by atoms with E-state index in [9.17, 15) is 17.4 Å². The molecule has 0 radical (unpaired) electrons. The summed E-state index contributed by atoms with van der Waals surface area (Å²) in [4.78, 5) is 3.34. The normalized spacial score (nSPS) is 20.1. The summed E-state index contributed by atoms with van der Waals surface area (Å²) in [6, 6.07) is 2.09. The van der Waals surface area contributed by atoms with E-state index in [4.69, 9.17) is 5.26 Å². The minimum Gasteiger partial charge on any atom is -0.251 e. The lowest BCUT2D eigenvalue weighted by molar-refractivity contribution is -0.141. The first-order chi connectivity index (χ1) is 8.73. The Morgan fingerprint density at radius 1 is 1.47 bits per heavy atom. The van der Waals surface area contributed by atoms with E-state index in [1.807, 2.05) is 0 Å². The Kier molecular flexibility index (Phi) is 2.97. The Balaban J connectivity index is 2.37. The zero-order chi connectivity index (χ0) is 14.3. The summed E-state index contributed by atoms with van der Waals surface area (Å²) >= 11 is 0. The van der Waals surface area contributed by atoms with Gasteiger partial charge in [0.1, 0.15) is 5.69 Å². The highest BCUT2D eigenvalue weighted by Gasteiger charge is 2.52. The number of hydrogen-bond acceptors (Lipinski definition) is 3. The molecule has 1 aromatic rings. The van der Waals surface area contributed by atoms with Crippen LogP contribution in [0, 0.1) is 11.5 Å². The molecule has 1 aliphatic rings. The first-order valence-electron chi connectivity index (χ1n) is 5.29. The fourth-order valence-corrected chi connectivity index (χ4v) is 3.53. The molecule has 0 saturated heterocycles. The molecule has 4 nitrogen and oxygen atoms in total. The lowest BCUT2D eigenvalue weighted by Gasteiger charge is -2.19. The van der Waals surface area contributed by atoms with Crippen molar-refractivity contribution in [2.24, 2.45) is 0 Å². The third-order valence-electron chi connectivity index (χ3n) is 3.13. The summed E-state index contributed by atoms with van der Waals surface area (Å²) in [5.41, 5.74) is -0.598.